The van der Waals surface area contributed by atoms with E-state index in [-0.39, 0.29) is 35.4 Å². The number of hydrogen-bond donors (Lipinski definition) is 2. The lowest BCUT2D eigenvalue weighted by molar-refractivity contribution is -0.200. The van der Waals surface area contributed by atoms with Crippen molar-refractivity contribution >= 4 is 17.5 Å². The number of aliphatic hydroxyl groups is 2. The molecule has 0 spiro atoms. The van der Waals surface area contributed by atoms with Gasteiger partial charge in [0.1, 0.15) is 6.61 Å². The Kier molecular flexibility index (Phi) is 6.47. The normalized spacial score (nSPS) is 41.6. The molecule has 4 aliphatic carbocycles. The largest absolute Gasteiger partial charge is 0.450 e. The van der Waals surface area contributed by atoms with Gasteiger partial charge in [0.05, 0.1) is 6.10 Å². The van der Waals surface area contributed by atoms with Crippen LogP contribution in [0.3, 0.4) is 0 Å². The highest BCUT2D eigenvalue weighted by atomic mass is 16.6. The average Bonchev–Trinajstić information content (AvgIpc) is 3.06. The van der Waals surface area contributed by atoms with Crippen LogP contribution in [0.5, 0.6) is 0 Å². The Labute approximate surface area is 196 Å². The molecule has 0 aromatic rings. The summed E-state index contributed by atoms with van der Waals surface area (Å²) in [7, 11) is 0. The molecule has 3 saturated carbocycles. The summed E-state index contributed by atoms with van der Waals surface area (Å²) in [4.78, 5) is 38.0. The van der Waals surface area contributed by atoms with Crippen LogP contribution in [0, 0.1) is 28.6 Å². The quantitative estimate of drug-likeness (QED) is 0.446. The highest BCUT2D eigenvalue weighted by Gasteiger charge is 2.70. The first kappa shape index (κ1) is 24.3. The molecular formula is C27H38O6. The molecular weight excluding hydrogens is 420 g/mol. The molecule has 3 fully saturated rings. The van der Waals surface area contributed by atoms with Crippen LogP contribution >= 0.6 is 0 Å². The fourth-order valence-corrected chi connectivity index (χ4v) is 7.89. The van der Waals surface area contributed by atoms with Gasteiger partial charge in [0, 0.05) is 23.2 Å². The third-order valence-electron chi connectivity index (χ3n) is 9.48. The van der Waals surface area contributed by atoms with Crippen LogP contribution in [0.2, 0.25) is 0 Å². The lowest BCUT2D eigenvalue weighted by atomic mass is 9.46. The molecule has 0 aromatic carbocycles. The lowest BCUT2D eigenvalue weighted by Crippen LogP contribution is -2.63. The minimum Gasteiger partial charge on any atom is -0.450 e. The van der Waals surface area contributed by atoms with Gasteiger partial charge in [-0.05, 0) is 62.5 Å². The molecule has 7 atom stereocenters. The summed E-state index contributed by atoms with van der Waals surface area (Å²) in [6.45, 7) is 5.47. The summed E-state index contributed by atoms with van der Waals surface area (Å²) in [5.41, 5.74) is -1.44. The Morgan fingerprint density at radius 1 is 1.21 bits per heavy atom. The van der Waals surface area contributed by atoms with Crippen molar-refractivity contribution in [2.45, 2.75) is 90.3 Å². The Morgan fingerprint density at radius 2 is 1.97 bits per heavy atom. The van der Waals surface area contributed by atoms with E-state index >= 15 is 0 Å². The van der Waals surface area contributed by atoms with E-state index in [0.29, 0.717) is 19.3 Å². The van der Waals surface area contributed by atoms with E-state index in [1.54, 1.807) is 12.2 Å². The van der Waals surface area contributed by atoms with E-state index in [0.717, 1.165) is 37.7 Å². The van der Waals surface area contributed by atoms with Crippen molar-refractivity contribution in [3.63, 3.8) is 0 Å². The number of aliphatic hydroxyl groups excluding tert-OH is 2. The summed E-state index contributed by atoms with van der Waals surface area (Å²) in [5, 5.41) is 21.4. The zero-order valence-electron chi connectivity index (χ0n) is 20.1. The van der Waals surface area contributed by atoms with Gasteiger partial charge < -0.3 is 14.9 Å². The molecule has 2 N–H and O–H groups in total. The van der Waals surface area contributed by atoms with Gasteiger partial charge in [-0.3, -0.25) is 14.4 Å². The SMILES string of the molecule is CCCCCC(=O)O[C@]1(C(=O)CO)CC[C@H]2[C@@H]3CCC4=CC(=O)C=C[C@]4(C)[C@H]3[C@@H](O)C[C@@]21C. The number of allylic oxidation sites excluding steroid dienone is 4. The number of unbranched alkanes of at least 4 members (excludes halogenated alkanes) is 2. The number of ketones is 2. The van der Waals surface area contributed by atoms with Gasteiger partial charge in [-0.2, -0.15) is 0 Å². The molecule has 4 rings (SSSR count). The smallest absolute Gasteiger partial charge is 0.306 e. The van der Waals surface area contributed by atoms with Crippen LogP contribution in [-0.2, 0) is 19.1 Å². The molecule has 0 radical (unpaired) electrons. The Bertz CT molecular complexity index is 889. The fraction of sp³-hybridized carbons (Fsp3) is 0.741. The fourth-order valence-electron chi connectivity index (χ4n) is 7.89. The maximum atomic E-state index is 13.2. The van der Waals surface area contributed by atoms with E-state index in [2.05, 4.69) is 13.8 Å². The van der Waals surface area contributed by atoms with Crippen LogP contribution in [0.25, 0.3) is 0 Å². The van der Waals surface area contributed by atoms with Crippen molar-refractivity contribution in [1.82, 2.24) is 0 Å². The van der Waals surface area contributed by atoms with Crippen molar-refractivity contribution in [1.29, 1.82) is 0 Å². The molecule has 4 aliphatic rings. The Balaban J connectivity index is 1.67. The highest BCUT2D eigenvalue weighted by Crippen LogP contribution is 2.67. The van der Waals surface area contributed by atoms with Crippen molar-refractivity contribution in [2.75, 3.05) is 6.61 Å². The number of rotatable bonds is 7. The van der Waals surface area contributed by atoms with Crippen LogP contribution in [0.4, 0.5) is 0 Å². The van der Waals surface area contributed by atoms with Crippen molar-refractivity contribution in [2.24, 2.45) is 28.6 Å². The van der Waals surface area contributed by atoms with E-state index in [9.17, 15) is 24.6 Å². The van der Waals surface area contributed by atoms with Crippen molar-refractivity contribution < 1.29 is 29.3 Å². The predicted molar refractivity (Wildman–Crippen MR) is 123 cm³/mol. The lowest BCUT2D eigenvalue weighted by Gasteiger charge is -2.59. The summed E-state index contributed by atoms with van der Waals surface area (Å²) in [6.07, 6.45) is 10.5. The molecule has 0 bridgehead atoms. The van der Waals surface area contributed by atoms with Gasteiger partial charge in [-0.25, -0.2) is 0 Å². The highest BCUT2D eigenvalue weighted by molar-refractivity contribution is 6.01. The Hall–Kier alpha value is -1.79. The zero-order valence-corrected chi connectivity index (χ0v) is 20.1. The van der Waals surface area contributed by atoms with Crippen LogP contribution < -0.4 is 0 Å². The summed E-state index contributed by atoms with van der Waals surface area (Å²) in [5.74, 6) is -0.661. The second-order valence-corrected chi connectivity index (χ2v) is 11.1. The number of esters is 1. The number of carbonyl (C=O) groups excluding carboxylic acids is 3. The monoisotopic (exact) mass is 458 g/mol. The van der Waals surface area contributed by atoms with Crippen molar-refractivity contribution in [3.8, 4) is 0 Å². The number of carbonyl (C=O) groups is 3. The number of hydrogen-bond acceptors (Lipinski definition) is 6. The number of fused-ring (bicyclic) bond motifs is 5. The molecule has 0 heterocycles. The topological polar surface area (TPSA) is 101 Å². The second kappa shape index (κ2) is 8.77. The molecule has 0 amide bonds. The van der Waals surface area contributed by atoms with Crippen LogP contribution in [-0.4, -0.2) is 46.1 Å². The number of Topliss-reactive ketones (excluding diaryl/α,β-unsaturated/α-hetero) is 1. The van der Waals surface area contributed by atoms with Crippen LogP contribution in [0.15, 0.2) is 23.8 Å². The predicted octanol–water partition coefficient (Wildman–Crippen LogP) is 3.69. The first-order valence-corrected chi connectivity index (χ1v) is 12.6. The molecule has 6 heteroatoms. The minimum absolute atomic E-state index is 0.000487. The molecule has 0 aromatic heterocycles. The molecule has 6 nitrogen and oxygen atoms in total. The van der Waals surface area contributed by atoms with E-state index < -0.39 is 35.5 Å². The first-order valence-electron chi connectivity index (χ1n) is 12.6. The second-order valence-electron chi connectivity index (χ2n) is 11.1. The molecule has 182 valence electrons. The van der Waals surface area contributed by atoms with Gasteiger partial charge >= 0.3 is 5.97 Å². The summed E-state index contributed by atoms with van der Waals surface area (Å²) >= 11 is 0. The summed E-state index contributed by atoms with van der Waals surface area (Å²) < 4.78 is 6.02. The van der Waals surface area contributed by atoms with Gasteiger partial charge in [0.2, 0.25) is 5.78 Å². The maximum absolute atomic E-state index is 13.2. The maximum Gasteiger partial charge on any atom is 0.306 e. The zero-order chi connectivity index (χ0) is 24.0. The molecule has 0 unspecified atom stereocenters. The van der Waals surface area contributed by atoms with E-state index in [1.165, 1.54) is 0 Å². The third kappa shape index (κ3) is 3.65. The van der Waals surface area contributed by atoms with Gasteiger partial charge in [-0.15, -0.1) is 0 Å². The molecule has 33 heavy (non-hydrogen) atoms. The van der Waals surface area contributed by atoms with Crippen molar-refractivity contribution in [3.05, 3.63) is 23.8 Å². The van der Waals surface area contributed by atoms with E-state index in [1.807, 2.05) is 13.0 Å². The molecule has 0 saturated heterocycles. The Morgan fingerprint density at radius 3 is 2.67 bits per heavy atom. The minimum atomic E-state index is -1.39. The van der Waals surface area contributed by atoms with Gasteiger partial charge in [0.25, 0.3) is 0 Å². The number of ether oxygens (including phenoxy) is 1. The van der Waals surface area contributed by atoms with Gasteiger partial charge in [0.15, 0.2) is 11.4 Å². The molecule has 0 aliphatic heterocycles. The van der Waals surface area contributed by atoms with Gasteiger partial charge in [-0.1, -0.05) is 45.3 Å². The van der Waals surface area contributed by atoms with E-state index in [4.69, 9.17) is 4.74 Å². The third-order valence-corrected chi connectivity index (χ3v) is 9.48. The standard InChI is InChI=1S/C27H38O6/c1-4-5-6-7-23(32)33-27(22(31)16-28)13-11-20-19-9-8-17-14-18(29)10-12-25(17,2)24(19)21(30)15-26(20,27)3/h10,12,14,19-21,24,28,30H,4-9,11,13,15-16H2,1-3H3/t19-,20-,21-,24+,25-,26-,27-/m0/s1. The van der Waals surface area contributed by atoms with Crippen LogP contribution in [0.1, 0.15) is 78.6 Å². The average molecular weight is 459 g/mol. The first-order chi connectivity index (χ1) is 15.6. The summed E-state index contributed by atoms with van der Waals surface area (Å²) in [6, 6.07) is 0.